The Kier molecular flexibility index (Phi) is 6.06. The second-order valence-electron chi connectivity index (χ2n) is 6.49. The van der Waals surface area contributed by atoms with E-state index in [-0.39, 0.29) is 24.1 Å². The first-order valence-electron chi connectivity index (χ1n) is 9.22. The molecule has 0 aromatic heterocycles. The van der Waals surface area contributed by atoms with E-state index in [1.54, 1.807) is 21.9 Å². The molecule has 142 valence electrons. The summed E-state index contributed by atoms with van der Waals surface area (Å²) in [5, 5.41) is 0. The molecule has 2 amide bonds. The lowest BCUT2D eigenvalue weighted by atomic mass is 10.2. The summed E-state index contributed by atoms with van der Waals surface area (Å²) in [6.07, 6.45) is -0.126. The van der Waals surface area contributed by atoms with Gasteiger partial charge in [-0.25, -0.2) is 4.39 Å². The van der Waals surface area contributed by atoms with Gasteiger partial charge in [0, 0.05) is 44.1 Å². The van der Waals surface area contributed by atoms with Crippen molar-refractivity contribution in [2.75, 3.05) is 42.5 Å². The van der Waals surface area contributed by atoms with Crippen molar-refractivity contribution in [2.24, 2.45) is 0 Å². The van der Waals surface area contributed by atoms with Crippen LogP contribution < -0.4 is 9.80 Å². The average Bonchev–Trinajstić information content (AvgIpc) is 2.70. The molecule has 0 N–H and O–H groups in total. The molecule has 0 aliphatic carbocycles. The maximum Gasteiger partial charge on any atom is 0.236 e. The number of rotatable bonds is 5. The minimum absolute atomic E-state index is 0.126. The van der Waals surface area contributed by atoms with Crippen molar-refractivity contribution in [1.82, 2.24) is 4.90 Å². The number of halogens is 1. The van der Waals surface area contributed by atoms with Gasteiger partial charge in [0.25, 0.3) is 0 Å². The third kappa shape index (κ3) is 4.64. The summed E-state index contributed by atoms with van der Waals surface area (Å²) in [6, 6.07) is 15.8. The highest BCUT2D eigenvalue weighted by molar-refractivity contribution is 6.05. The smallest absolute Gasteiger partial charge is 0.236 e. The monoisotopic (exact) mass is 369 g/mol. The zero-order valence-corrected chi connectivity index (χ0v) is 15.5. The van der Waals surface area contributed by atoms with Crippen LogP contribution in [0.15, 0.2) is 54.6 Å². The first-order chi connectivity index (χ1) is 13.1. The number of amides is 2. The third-order valence-electron chi connectivity index (χ3n) is 4.81. The van der Waals surface area contributed by atoms with E-state index < -0.39 is 0 Å². The third-order valence-corrected chi connectivity index (χ3v) is 4.81. The van der Waals surface area contributed by atoms with Gasteiger partial charge in [0.2, 0.25) is 11.8 Å². The molecule has 1 aliphatic rings. The van der Waals surface area contributed by atoms with Crippen LogP contribution in [-0.2, 0) is 9.59 Å². The molecule has 5 nitrogen and oxygen atoms in total. The molecule has 27 heavy (non-hydrogen) atoms. The van der Waals surface area contributed by atoms with Gasteiger partial charge in [0.05, 0.1) is 0 Å². The molecule has 0 spiro atoms. The van der Waals surface area contributed by atoms with Crippen molar-refractivity contribution >= 4 is 23.2 Å². The van der Waals surface area contributed by atoms with Gasteiger partial charge < -0.3 is 14.7 Å². The van der Waals surface area contributed by atoms with E-state index in [9.17, 15) is 14.0 Å². The molecular weight excluding hydrogens is 345 g/mol. The van der Waals surface area contributed by atoms with Crippen molar-refractivity contribution in [3.05, 3.63) is 60.4 Å². The van der Waals surface area contributed by atoms with Gasteiger partial charge in [0.1, 0.15) is 12.2 Å². The first-order valence-corrected chi connectivity index (χ1v) is 9.22. The number of carbonyl (C=O) groups is 2. The van der Waals surface area contributed by atoms with Crippen LogP contribution in [0.3, 0.4) is 0 Å². The predicted octanol–water partition coefficient (Wildman–Crippen LogP) is 2.92. The van der Waals surface area contributed by atoms with Crippen molar-refractivity contribution < 1.29 is 14.0 Å². The lowest BCUT2D eigenvalue weighted by molar-refractivity contribution is -0.135. The molecule has 1 fully saturated rings. The maximum absolute atomic E-state index is 13.1. The Labute approximate surface area is 159 Å². The SMILES string of the molecule is CCN(C(=O)CC(=O)N1CCN(c2ccc(F)cc2)CC1)c1ccccc1. The number of hydrogen-bond acceptors (Lipinski definition) is 3. The highest BCUT2D eigenvalue weighted by atomic mass is 19.1. The molecule has 3 rings (SSSR count). The fraction of sp³-hybridized carbons (Fsp3) is 0.333. The summed E-state index contributed by atoms with van der Waals surface area (Å²) in [6.45, 7) is 4.87. The van der Waals surface area contributed by atoms with E-state index in [4.69, 9.17) is 0 Å². The van der Waals surface area contributed by atoms with E-state index in [0.29, 0.717) is 32.7 Å². The summed E-state index contributed by atoms with van der Waals surface area (Å²) < 4.78 is 13.1. The van der Waals surface area contributed by atoms with Crippen LogP contribution in [-0.4, -0.2) is 49.4 Å². The van der Waals surface area contributed by atoms with Gasteiger partial charge in [0.15, 0.2) is 0 Å². The van der Waals surface area contributed by atoms with Crippen molar-refractivity contribution in [2.45, 2.75) is 13.3 Å². The van der Waals surface area contributed by atoms with Crippen molar-refractivity contribution in [3.8, 4) is 0 Å². The molecule has 2 aromatic carbocycles. The zero-order valence-electron chi connectivity index (χ0n) is 15.5. The van der Waals surface area contributed by atoms with Gasteiger partial charge >= 0.3 is 0 Å². The van der Waals surface area contributed by atoms with Crippen LogP contribution in [0.4, 0.5) is 15.8 Å². The number of anilines is 2. The Morgan fingerprint density at radius 3 is 2.19 bits per heavy atom. The molecule has 1 saturated heterocycles. The van der Waals surface area contributed by atoms with Crippen molar-refractivity contribution in [3.63, 3.8) is 0 Å². The van der Waals surface area contributed by atoms with E-state index in [2.05, 4.69) is 4.90 Å². The Morgan fingerprint density at radius 1 is 0.963 bits per heavy atom. The maximum atomic E-state index is 13.1. The quantitative estimate of drug-likeness (QED) is 0.761. The summed E-state index contributed by atoms with van der Waals surface area (Å²) in [5.74, 6) is -0.590. The van der Waals surface area contributed by atoms with Crippen LogP contribution in [0, 0.1) is 5.82 Å². The molecule has 1 heterocycles. The molecule has 0 bridgehead atoms. The topological polar surface area (TPSA) is 43.9 Å². The number of carbonyl (C=O) groups excluding carboxylic acids is 2. The predicted molar refractivity (Wildman–Crippen MR) is 104 cm³/mol. The Balaban J connectivity index is 1.54. The highest BCUT2D eigenvalue weighted by Crippen LogP contribution is 2.18. The second-order valence-corrected chi connectivity index (χ2v) is 6.49. The largest absolute Gasteiger partial charge is 0.368 e. The molecule has 1 aliphatic heterocycles. The molecule has 0 unspecified atom stereocenters. The van der Waals surface area contributed by atoms with Gasteiger partial charge in [-0.05, 0) is 43.3 Å². The molecule has 0 radical (unpaired) electrons. The minimum atomic E-state index is -0.259. The van der Waals surface area contributed by atoms with E-state index >= 15 is 0 Å². The summed E-state index contributed by atoms with van der Waals surface area (Å²) in [7, 11) is 0. The van der Waals surface area contributed by atoms with Gasteiger partial charge in [-0.1, -0.05) is 18.2 Å². The normalized spacial score (nSPS) is 14.1. The fourth-order valence-electron chi connectivity index (χ4n) is 3.31. The number of para-hydroxylation sites is 1. The Hall–Kier alpha value is -2.89. The van der Waals surface area contributed by atoms with Crippen LogP contribution in [0.2, 0.25) is 0 Å². The lowest BCUT2D eigenvalue weighted by Crippen LogP contribution is -2.49. The van der Waals surface area contributed by atoms with Crippen molar-refractivity contribution in [1.29, 1.82) is 0 Å². The number of hydrogen-bond donors (Lipinski definition) is 0. The van der Waals surface area contributed by atoms with E-state index in [1.807, 2.05) is 37.3 Å². The second kappa shape index (κ2) is 8.66. The Morgan fingerprint density at radius 2 is 1.59 bits per heavy atom. The lowest BCUT2D eigenvalue weighted by Gasteiger charge is -2.36. The minimum Gasteiger partial charge on any atom is -0.368 e. The molecule has 0 saturated carbocycles. The van der Waals surface area contributed by atoms with Gasteiger partial charge in [-0.2, -0.15) is 0 Å². The van der Waals surface area contributed by atoms with Crippen LogP contribution in [0.5, 0.6) is 0 Å². The standard InChI is InChI=1S/C21H24FN3O2/c1-2-25(19-6-4-3-5-7-19)21(27)16-20(26)24-14-12-23(13-15-24)18-10-8-17(22)9-11-18/h3-11H,2,12-16H2,1H3. The van der Waals surface area contributed by atoms with Crippen LogP contribution >= 0.6 is 0 Å². The molecular formula is C21H24FN3O2. The van der Waals surface area contributed by atoms with E-state index in [0.717, 1.165) is 11.4 Å². The number of piperazine rings is 1. The molecule has 0 atom stereocenters. The summed E-state index contributed by atoms with van der Waals surface area (Å²) in [5.41, 5.74) is 1.75. The number of benzene rings is 2. The van der Waals surface area contributed by atoms with Gasteiger partial charge in [-0.15, -0.1) is 0 Å². The summed E-state index contributed by atoms with van der Waals surface area (Å²) in [4.78, 5) is 30.6. The fourth-order valence-corrected chi connectivity index (χ4v) is 3.31. The summed E-state index contributed by atoms with van der Waals surface area (Å²) >= 11 is 0. The van der Waals surface area contributed by atoms with Crippen LogP contribution in [0.25, 0.3) is 0 Å². The average molecular weight is 369 g/mol. The number of nitrogens with zero attached hydrogens (tertiary/aromatic N) is 3. The van der Waals surface area contributed by atoms with Gasteiger partial charge in [-0.3, -0.25) is 9.59 Å². The van der Waals surface area contributed by atoms with Crippen LogP contribution in [0.1, 0.15) is 13.3 Å². The Bertz CT molecular complexity index is 772. The molecule has 2 aromatic rings. The van der Waals surface area contributed by atoms with E-state index in [1.165, 1.54) is 12.1 Å². The highest BCUT2D eigenvalue weighted by Gasteiger charge is 2.25. The first kappa shape index (κ1) is 18.9. The molecule has 6 heteroatoms. The zero-order chi connectivity index (χ0) is 19.2.